The number of aryl methyl sites for hydroxylation is 1. The van der Waals surface area contributed by atoms with Gasteiger partial charge in [0, 0.05) is 0 Å². The largest absolute Gasteiger partial charge is 0.464 e. The van der Waals surface area contributed by atoms with Crippen LogP contribution in [0.15, 0.2) is 40.8 Å². The molecule has 0 saturated heterocycles. The Kier molecular flexibility index (Phi) is 3.66. The van der Waals surface area contributed by atoms with E-state index in [9.17, 15) is 13.2 Å². The van der Waals surface area contributed by atoms with E-state index in [4.69, 9.17) is 4.42 Å². The summed E-state index contributed by atoms with van der Waals surface area (Å²) < 4.78 is 43.6. The van der Waals surface area contributed by atoms with E-state index < -0.39 is 17.8 Å². The molecule has 2 nitrogen and oxygen atoms in total. The quantitative estimate of drug-likeness (QED) is 0.913. The normalized spacial score (nSPS) is 13.5. The molecule has 1 N–H and O–H groups in total. The third-order valence-corrected chi connectivity index (χ3v) is 2.88. The van der Waals surface area contributed by atoms with Gasteiger partial charge in [0.15, 0.2) is 0 Å². The predicted molar refractivity (Wildman–Crippen MR) is 65.8 cm³/mol. The van der Waals surface area contributed by atoms with E-state index in [2.05, 4.69) is 5.32 Å². The minimum atomic E-state index is -4.34. The zero-order valence-electron chi connectivity index (χ0n) is 10.6. The van der Waals surface area contributed by atoms with Crippen molar-refractivity contribution in [3.8, 4) is 0 Å². The Morgan fingerprint density at radius 3 is 2.42 bits per heavy atom. The molecule has 0 spiro atoms. The van der Waals surface area contributed by atoms with Crippen LogP contribution in [0.3, 0.4) is 0 Å². The zero-order valence-corrected chi connectivity index (χ0v) is 10.6. The van der Waals surface area contributed by atoms with Crippen molar-refractivity contribution < 1.29 is 17.6 Å². The number of hydrogen-bond acceptors (Lipinski definition) is 2. The number of nitrogens with one attached hydrogen (secondary N) is 1. The van der Waals surface area contributed by atoms with Crippen molar-refractivity contribution >= 4 is 0 Å². The van der Waals surface area contributed by atoms with Gasteiger partial charge < -0.3 is 9.73 Å². The van der Waals surface area contributed by atoms with Crippen LogP contribution < -0.4 is 5.32 Å². The first-order valence-electron chi connectivity index (χ1n) is 5.82. The van der Waals surface area contributed by atoms with Crippen molar-refractivity contribution in [1.29, 1.82) is 0 Å². The first-order valence-corrected chi connectivity index (χ1v) is 5.82. The van der Waals surface area contributed by atoms with Gasteiger partial charge in [0.25, 0.3) is 0 Å². The molecule has 1 aromatic heterocycles. The Labute approximate surface area is 109 Å². The standard InChI is InChI=1S/C14H14F3NO/c1-9-6-7-12(19-9)13(18-2)10-4-3-5-11(8-10)14(15,16)17/h3-8,13,18H,1-2H3. The molecule has 1 aromatic carbocycles. The van der Waals surface area contributed by atoms with Crippen molar-refractivity contribution in [3.05, 3.63) is 59.0 Å². The molecule has 0 aliphatic carbocycles. The SMILES string of the molecule is CNC(c1cccc(C(F)(F)F)c1)c1ccc(C)o1. The molecular formula is C14H14F3NO. The van der Waals surface area contributed by atoms with E-state index in [1.807, 2.05) is 0 Å². The van der Waals surface area contributed by atoms with Gasteiger partial charge in [-0.2, -0.15) is 13.2 Å². The summed E-state index contributed by atoms with van der Waals surface area (Å²) in [6, 6.07) is 8.40. The van der Waals surface area contributed by atoms with Gasteiger partial charge in [-0.1, -0.05) is 12.1 Å². The fourth-order valence-corrected chi connectivity index (χ4v) is 1.98. The lowest BCUT2D eigenvalue weighted by Crippen LogP contribution is -2.18. The van der Waals surface area contributed by atoms with Gasteiger partial charge in [0.05, 0.1) is 11.6 Å². The van der Waals surface area contributed by atoms with Crippen molar-refractivity contribution in [3.63, 3.8) is 0 Å². The number of alkyl halides is 3. The maximum Gasteiger partial charge on any atom is 0.416 e. The molecular weight excluding hydrogens is 255 g/mol. The lowest BCUT2D eigenvalue weighted by atomic mass is 10.0. The summed E-state index contributed by atoms with van der Waals surface area (Å²) in [5.41, 5.74) is -0.139. The summed E-state index contributed by atoms with van der Waals surface area (Å²) in [4.78, 5) is 0. The summed E-state index contributed by atoms with van der Waals surface area (Å²) >= 11 is 0. The lowest BCUT2D eigenvalue weighted by Gasteiger charge is -2.16. The van der Waals surface area contributed by atoms with Crippen LogP contribution in [0.4, 0.5) is 13.2 Å². The van der Waals surface area contributed by atoms with Gasteiger partial charge in [0.1, 0.15) is 11.5 Å². The summed E-state index contributed by atoms with van der Waals surface area (Å²) in [7, 11) is 1.68. The number of benzene rings is 1. The van der Waals surface area contributed by atoms with Crippen LogP contribution in [0.1, 0.15) is 28.7 Å². The van der Waals surface area contributed by atoms with E-state index in [0.717, 1.165) is 17.9 Å². The van der Waals surface area contributed by atoms with Crippen LogP contribution in [0, 0.1) is 6.92 Å². The van der Waals surface area contributed by atoms with Gasteiger partial charge in [-0.3, -0.25) is 0 Å². The molecule has 1 unspecified atom stereocenters. The van der Waals surface area contributed by atoms with Crippen molar-refractivity contribution in [2.75, 3.05) is 7.05 Å². The fourth-order valence-electron chi connectivity index (χ4n) is 1.98. The minimum absolute atomic E-state index is 0.393. The highest BCUT2D eigenvalue weighted by atomic mass is 19.4. The Morgan fingerprint density at radius 1 is 1.16 bits per heavy atom. The minimum Gasteiger partial charge on any atom is -0.464 e. The molecule has 0 radical (unpaired) electrons. The average molecular weight is 269 g/mol. The van der Waals surface area contributed by atoms with Gasteiger partial charge in [-0.15, -0.1) is 0 Å². The number of halogens is 3. The highest BCUT2D eigenvalue weighted by molar-refractivity contribution is 5.32. The maximum absolute atomic E-state index is 12.7. The second kappa shape index (κ2) is 5.09. The first-order chi connectivity index (χ1) is 8.91. The van der Waals surface area contributed by atoms with Gasteiger partial charge in [-0.05, 0) is 43.8 Å². The summed E-state index contributed by atoms with van der Waals surface area (Å²) in [5.74, 6) is 1.32. The van der Waals surface area contributed by atoms with Crippen molar-refractivity contribution in [2.24, 2.45) is 0 Å². The van der Waals surface area contributed by atoms with Gasteiger partial charge in [0.2, 0.25) is 0 Å². The molecule has 0 aliphatic rings. The number of hydrogen-bond donors (Lipinski definition) is 1. The highest BCUT2D eigenvalue weighted by Crippen LogP contribution is 2.32. The lowest BCUT2D eigenvalue weighted by molar-refractivity contribution is -0.137. The summed E-state index contributed by atoms with van der Waals surface area (Å²) in [5, 5.41) is 2.97. The molecule has 2 aromatic rings. The fraction of sp³-hybridized carbons (Fsp3) is 0.286. The first kappa shape index (κ1) is 13.7. The van der Waals surface area contributed by atoms with Crippen LogP contribution in [-0.2, 0) is 6.18 Å². The number of rotatable bonds is 3. The molecule has 2 rings (SSSR count). The van der Waals surface area contributed by atoms with Crippen molar-refractivity contribution in [2.45, 2.75) is 19.1 Å². The molecule has 1 atom stereocenters. The summed E-state index contributed by atoms with van der Waals surface area (Å²) in [6.07, 6.45) is -4.34. The third-order valence-electron chi connectivity index (χ3n) is 2.88. The Hall–Kier alpha value is -1.75. The van der Waals surface area contributed by atoms with Crippen molar-refractivity contribution in [1.82, 2.24) is 5.32 Å². The molecule has 1 heterocycles. The van der Waals surface area contributed by atoms with Crippen LogP contribution in [0.5, 0.6) is 0 Å². The molecule has 0 bridgehead atoms. The van der Waals surface area contributed by atoms with E-state index in [0.29, 0.717) is 11.3 Å². The van der Waals surface area contributed by atoms with Crippen LogP contribution in [0.2, 0.25) is 0 Å². The topological polar surface area (TPSA) is 25.2 Å². The zero-order chi connectivity index (χ0) is 14.0. The second-order valence-corrected chi connectivity index (χ2v) is 4.29. The van der Waals surface area contributed by atoms with E-state index in [1.165, 1.54) is 6.07 Å². The molecule has 0 amide bonds. The van der Waals surface area contributed by atoms with E-state index in [-0.39, 0.29) is 0 Å². The monoisotopic (exact) mass is 269 g/mol. The Balaban J connectivity index is 2.39. The molecule has 102 valence electrons. The Morgan fingerprint density at radius 2 is 1.89 bits per heavy atom. The maximum atomic E-state index is 12.7. The summed E-state index contributed by atoms with van der Waals surface area (Å²) in [6.45, 7) is 1.79. The second-order valence-electron chi connectivity index (χ2n) is 4.29. The van der Waals surface area contributed by atoms with E-state index >= 15 is 0 Å². The molecule has 5 heteroatoms. The number of furan rings is 1. The highest BCUT2D eigenvalue weighted by Gasteiger charge is 2.31. The van der Waals surface area contributed by atoms with Gasteiger partial charge >= 0.3 is 6.18 Å². The molecule has 0 saturated carbocycles. The van der Waals surface area contributed by atoms with Crippen LogP contribution in [0.25, 0.3) is 0 Å². The molecule has 19 heavy (non-hydrogen) atoms. The van der Waals surface area contributed by atoms with E-state index in [1.54, 1.807) is 32.2 Å². The van der Waals surface area contributed by atoms with Crippen LogP contribution >= 0.6 is 0 Å². The van der Waals surface area contributed by atoms with Gasteiger partial charge in [-0.25, -0.2) is 0 Å². The smallest absolute Gasteiger partial charge is 0.416 e. The Bertz CT molecular complexity index is 560. The molecule has 0 fully saturated rings. The average Bonchev–Trinajstić information content (AvgIpc) is 2.76. The van der Waals surface area contributed by atoms with Crippen LogP contribution in [-0.4, -0.2) is 7.05 Å². The predicted octanol–water partition coefficient (Wildman–Crippen LogP) is 3.92. The molecule has 0 aliphatic heterocycles. The third kappa shape index (κ3) is 2.98.